The number of rotatable bonds is 1. The molecule has 0 aliphatic carbocycles. The number of hydrogen-bond acceptors (Lipinski definition) is 2. The van der Waals surface area contributed by atoms with Crippen molar-refractivity contribution in [2.24, 2.45) is 0 Å². The van der Waals surface area contributed by atoms with Gasteiger partial charge in [0.25, 0.3) is 0 Å². The summed E-state index contributed by atoms with van der Waals surface area (Å²) < 4.78 is 2.53. The molecule has 0 unspecified atom stereocenters. The molecule has 0 radical (unpaired) electrons. The first-order valence-corrected chi connectivity index (χ1v) is 6.76. The Bertz CT molecular complexity index is 452. The number of hydrogen-bond donors (Lipinski definition) is 1. The van der Waals surface area contributed by atoms with Crippen molar-refractivity contribution in [3.05, 3.63) is 27.3 Å². The van der Waals surface area contributed by atoms with Gasteiger partial charge in [-0.25, -0.2) is 0 Å². The lowest BCUT2D eigenvalue weighted by Gasteiger charge is -1.95. The maximum absolute atomic E-state index is 5.90. The van der Waals surface area contributed by atoms with E-state index in [-0.39, 0.29) is 0 Å². The zero-order chi connectivity index (χ0) is 9.42. The molecule has 2 aromatic rings. The van der Waals surface area contributed by atoms with Crippen molar-refractivity contribution in [2.45, 2.75) is 5.33 Å². The molecule has 0 fully saturated rings. The number of alkyl halides is 1. The molecule has 2 rings (SSSR count). The van der Waals surface area contributed by atoms with Crippen molar-refractivity contribution in [1.82, 2.24) is 0 Å². The van der Waals surface area contributed by atoms with E-state index in [1.165, 1.54) is 19.2 Å². The summed E-state index contributed by atoms with van der Waals surface area (Å²) >= 11 is 7.43. The maximum atomic E-state index is 5.90. The third-order valence-electron chi connectivity index (χ3n) is 1.92. The number of halogens is 2. The first-order chi connectivity index (χ1) is 6.22. The second-order valence-corrected chi connectivity index (χ2v) is 5.61. The Labute approximate surface area is 103 Å². The molecule has 1 aromatic carbocycles. The van der Waals surface area contributed by atoms with Crippen LogP contribution >= 0.6 is 49.9 Å². The van der Waals surface area contributed by atoms with E-state index < -0.39 is 0 Å². The summed E-state index contributed by atoms with van der Waals surface area (Å²) in [6, 6.07) is 6.42. The highest BCUT2D eigenvalue weighted by Crippen LogP contribution is 2.35. The van der Waals surface area contributed by atoms with E-state index in [1.807, 2.05) is 0 Å². The van der Waals surface area contributed by atoms with Crippen molar-refractivity contribution < 1.29 is 0 Å². The summed E-state index contributed by atoms with van der Waals surface area (Å²) in [7, 11) is 0. The molecule has 0 saturated heterocycles. The van der Waals surface area contributed by atoms with Crippen LogP contribution in [0.5, 0.6) is 0 Å². The fourth-order valence-electron chi connectivity index (χ4n) is 1.28. The first-order valence-electron chi connectivity index (χ1n) is 3.74. The van der Waals surface area contributed by atoms with E-state index in [2.05, 4.69) is 56.7 Å². The average molecular weight is 368 g/mol. The monoisotopic (exact) mass is 367 g/mol. The van der Waals surface area contributed by atoms with Crippen molar-refractivity contribution in [2.75, 3.05) is 5.73 Å². The molecule has 0 spiro atoms. The van der Waals surface area contributed by atoms with Crippen molar-refractivity contribution >= 4 is 64.9 Å². The van der Waals surface area contributed by atoms with Crippen LogP contribution in [0.25, 0.3) is 10.1 Å². The molecule has 1 aromatic heterocycles. The Hall–Kier alpha value is 0.190. The molecule has 1 heterocycles. The van der Waals surface area contributed by atoms with E-state index >= 15 is 0 Å². The van der Waals surface area contributed by atoms with Gasteiger partial charge in [0.05, 0.1) is 5.00 Å². The molecular weight excluding hydrogens is 361 g/mol. The third kappa shape index (κ3) is 1.71. The van der Waals surface area contributed by atoms with Gasteiger partial charge in [0.1, 0.15) is 0 Å². The Balaban J connectivity index is 2.80. The van der Waals surface area contributed by atoms with Crippen LogP contribution in [0.4, 0.5) is 5.00 Å². The fraction of sp³-hybridized carbons (Fsp3) is 0.111. The zero-order valence-electron chi connectivity index (χ0n) is 6.68. The molecule has 4 heteroatoms. The van der Waals surface area contributed by atoms with E-state index in [0.717, 1.165) is 10.3 Å². The summed E-state index contributed by atoms with van der Waals surface area (Å²) in [5, 5.41) is 3.04. The van der Waals surface area contributed by atoms with E-state index in [1.54, 1.807) is 11.3 Å². The van der Waals surface area contributed by atoms with Crippen LogP contribution in [0.2, 0.25) is 0 Å². The average Bonchev–Trinajstić information content (AvgIpc) is 2.40. The van der Waals surface area contributed by atoms with Crippen LogP contribution in [-0.2, 0) is 5.33 Å². The molecule has 0 bridgehead atoms. The third-order valence-corrected chi connectivity index (χ3v) is 4.19. The topological polar surface area (TPSA) is 26.0 Å². The fourth-order valence-corrected chi connectivity index (χ4v) is 3.53. The second-order valence-electron chi connectivity index (χ2n) is 2.72. The molecule has 0 saturated carbocycles. The van der Waals surface area contributed by atoms with Crippen molar-refractivity contribution in [3.63, 3.8) is 0 Å². The lowest BCUT2D eigenvalue weighted by molar-refractivity contribution is 1.54. The van der Waals surface area contributed by atoms with Gasteiger partial charge < -0.3 is 5.73 Å². The number of fused-ring (bicyclic) bond motifs is 1. The van der Waals surface area contributed by atoms with Crippen LogP contribution in [-0.4, -0.2) is 0 Å². The minimum absolute atomic E-state index is 0.832. The highest BCUT2D eigenvalue weighted by molar-refractivity contribution is 14.1. The first kappa shape index (κ1) is 9.73. The van der Waals surface area contributed by atoms with Gasteiger partial charge in [0.2, 0.25) is 0 Å². The van der Waals surface area contributed by atoms with Gasteiger partial charge in [-0.1, -0.05) is 15.9 Å². The lowest BCUT2D eigenvalue weighted by Crippen LogP contribution is -1.84. The number of nitrogen functional groups attached to an aromatic ring is 1. The van der Waals surface area contributed by atoms with Gasteiger partial charge in [-0.2, -0.15) is 0 Å². The molecule has 1 nitrogen and oxygen atoms in total. The predicted octanol–water partition coefficient (Wildman–Crippen LogP) is 3.98. The van der Waals surface area contributed by atoms with E-state index in [9.17, 15) is 0 Å². The standard InChI is InChI=1S/C9H7BrINS/c10-4-7-6-3-5(11)1-2-8(6)13-9(7)12/h1-3H,4,12H2. The Morgan fingerprint density at radius 3 is 2.92 bits per heavy atom. The maximum Gasteiger partial charge on any atom is 0.0910 e. The zero-order valence-corrected chi connectivity index (χ0v) is 11.2. The molecule has 0 atom stereocenters. The van der Waals surface area contributed by atoms with Gasteiger partial charge in [-0.3, -0.25) is 0 Å². The summed E-state index contributed by atoms with van der Waals surface area (Å²) in [6.45, 7) is 0. The van der Waals surface area contributed by atoms with Crippen LogP contribution in [0.15, 0.2) is 18.2 Å². The minimum Gasteiger partial charge on any atom is -0.390 e. The predicted molar refractivity (Wildman–Crippen MR) is 71.6 cm³/mol. The summed E-state index contributed by atoms with van der Waals surface area (Å²) in [6.07, 6.45) is 0. The van der Waals surface area contributed by atoms with E-state index in [0.29, 0.717) is 0 Å². The van der Waals surface area contributed by atoms with Gasteiger partial charge in [-0.15, -0.1) is 11.3 Å². The molecule has 0 aliphatic rings. The largest absolute Gasteiger partial charge is 0.390 e. The van der Waals surface area contributed by atoms with Crippen LogP contribution < -0.4 is 5.73 Å². The molecule has 13 heavy (non-hydrogen) atoms. The number of anilines is 1. The molecule has 0 aliphatic heterocycles. The smallest absolute Gasteiger partial charge is 0.0910 e. The highest BCUT2D eigenvalue weighted by Gasteiger charge is 2.08. The van der Waals surface area contributed by atoms with Gasteiger partial charge >= 0.3 is 0 Å². The lowest BCUT2D eigenvalue weighted by atomic mass is 10.2. The van der Waals surface area contributed by atoms with Gasteiger partial charge in [0.15, 0.2) is 0 Å². The SMILES string of the molecule is Nc1sc2ccc(I)cc2c1CBr. The number of nitrogens with two attached hydrogens (primary N) is 1. The minimum atomic E-state index is 0.832. The van der Waals surface area contributed by atoms with Gasteiger partial charge in [-0.05, 0) is 46.2 Å². The number of benzene rings is 1. The van der Waals surface area contributed by atoms with Crippen molar-refractivity contribution in [1.29, 1.82) is 0 Å². The quantitative estimate of drug-likeness (QED) is 0.598. The highest BCUT2D eigenvalue weighted by atomic mass is 127. The van der Waals surface area contributed by atoms with E-state index in [4.69, 9.17) is 5.73 Å². The Kier molecular flexibility index (Phi) is 2.80. The summed E-state index contributed by atoms with van der Waals surface area (Å²) in [5.41, 5.74) is 7.12. The summed E-state index contributed by atoms with van der Waals surface area (Å²) in [5.74, 6) is 0. The van der Waals surface area contributed by atoms with Crippen LogP contribution in [0, 0.1) is 3.57 Å². The molecule has 0 amide bonds. The Morgan fingerprint density at radius 1 is 1.46 bits per heavy atom. The molecule has 2 N–H and O–H groups in total. The van der Waals surface area contributed by atoms with Gasteiger partial charge in [0, 0.05) is 19.2 Å². The normalized spacial score (nSPS) is 10.9. The van der Waals surface area contributed by atoms with Crippen LogP contribution in [0.1, 0.15) is 5.56 Å². The summed E-state index contributed by atoms with van der Waals surface area (Å²) in [4.78, 5) is 0. The van der Waals surface area contributed by atoms with Crippen molar-refractivity contribution in [3.8, 4) is 0 Å². The second kappa shape index (κ2) is 3.74. The molecular formula is C9H7BrINS. The van der Waals surface area contributed by atoms with Crippen LogP contribution in [0.3, 0.4) is 0 Å². The molecule has 68 valence electrons. The Morgan fingerprint density at radius 2 is 2.23 bits per heavy atom. The number of thiophene rings is 1.